The first-order chi connectivity index (χ1) is 9.74. The van der Waals surface area contributed by atoms with Crippen LogP contribution in [0.2, 0.25) is 10.0 Å². The van der Waals surface area contributed by atoms with E-state index in [0.29, 0.717) is 22.6 Å². The number of nitrogens with one attached hydrogen (secondary N) is 1. The van der Waals surface area contributed by atoms with Gasteiger partial charge in [0.2, 0.25) is 0 Å². The average Bonchev–Trinajstić information content (AvgIpc) is 2.89. The fourth-order valence-corrected chi connectivity index (χ4v) is 3.60. The van der Waals surface area contributed by atoms with E-state index in [0.717, 1.165) is 25.3 Å². The third kappa shape index (κ3) is 3.29. The van der Waals surface area contributed by atoms with E-state index < -0.39 is 0 Å². The fourth-order valence-electron chi connectivity index (χ4n) is 3.07. The zero-order valence-corrected chi connectivity index (χ0v) is 13.0. The molecular weight excluding hydrogens is 295 g/mol. The van der Waals surface area contributed by atoms with Crippen molar-refractivity contribution >= 4 is 23.2 Å². The molecular formula is C15H20Cl2N2O. The van der Waals surface area contributed by atoms with Crippen molar-refractivity contribution in [3.63, 3.8) is 0 Å². The van der Waals surface area contributed by atoms with E-state index in [4.69, 9.17) is 27.9 Å². The van der Waals surface area contributed by atoms with Gasteiger partial charge in [-0.3, -0.25) is 4.90 Å². The first-order valence-corrected chi connectivity index (χ1v) is 7.99. The van der Waals surface area contributed by atoms with Crippen LogP contribution in [0.3, 0.4) is 0 Å². The number of nitrogens with zero attached hydrogens (tertiary/aromatic N) is 1. The molecule has 2 saturated heterocycles. The maximum Gasteiger partial charge on any atom is 0.0827 e. The zero-order chi connectivity index (χ0) is 13.9. The van der Waals surface area contributed by atoms with Crippen LogP contribution in [0.25, 0.3) is 0 Å². The van der Waals surface area contributed by atoms with Crippen molar-refractivity contribution in [1.29, 1.82) is 0 Å². The molecule has 1 aromatic rings. The van der Waals surface area contributed by atoms with Crippen LogP contribution in [0.15, 0.2) is 18.2 Å². The molecule has 20 heavy (non-hydrogen) atoms. The fraction of sp³-hybridized carbons (Fsp3) is 0.600. The molecule has 3 nitrogen and oxygen atoms in total. The molecule has 2 unspecified atom stereocenters. The lowest BCUT2D eigenvalue weighted by Gasteiger charge is -2.35. The maximum atomic E-state index is 6.16. The molecule has 2 heterocycles. The second kappa shape index (κ2) is 6.63. The molecule has 2 fully saturated rings. The summed E-state index contributed by atoms with van der Waals surface area (Å²) >= 11 is 12.3. The minimum absolute atomic E-state index is 0.269. The van der Waals surface area contributed by atoms with E-state index in [1.807, 2.05) is 18.2 Å². The van der Waals surface area contributed by atoms with Crippen LogP contribution in [-0.4, -0.2) is 43.3 Å². The second-order valence-corrected chi connectivity index (χ2v) is 6.39. The van der Waals surface area contributed by atoms with Gasteiger partial charge in [-0.05, 0) is 31.5 Å². The third-order valence-electron chi connectivity index (χ3n) is 4.20. The van der Waals surface area contributed by atoms with Crippen molar-refractivity contribution in [2.24, 2.45) is 0 Å². The monoisotopic (exact) mass is 314 g/mol. The molecule has 0 radical (unpaired) electrons. The van der Waals surface area contributed by atoms with Gasteiger partial charge < -0.3 is 10.1 Å². The number of morpholine rings is 1. The highest BCUT2D eigenvalue weighted by atomic mass is 35.5. The van der Waals surface area contributed by atoms with Gasteiger partial charge >= 0.3 is 0 Å². The smallest absolute Gasteiger partial charge is 0.0827 e. The van der Waals surface area contributed by atoms with Gasteiger partial charge in [0.1, 0.15) is 0 Å². The van der Waals surface area contributed by atoms with Crippen molar-refractivity contribution in [3.05, 3.63) is 33.8 Å². The largest absolute Gasteiger partial charge is 0.374 e. The minimum atomic E-state index is 0.269. The van der Waals surface area contributed by atoms with E-state index in [1.165, 1.54) is 19.4 Å². The first-order valence-electron chi connectivity index (χ1n) is 7.23. The molecule has 0 spiro atoms. The Morgan fingerprint density at radius 2 is 2.10 bits per heavy atom. The number of fused-ring (bicyclic) bond motifs is 1. The summed E-state index contributed by atoms with van der Waals surface area (Å²) in [6.45, 7) is 4.65. The van der Waals surface area contributed by atoms with E-state index in [2.05, 4.69) is 10.2 Å². The highest BCUT2D eigenvalue weighted by Gasteiger charge is 2.31. The molecule has 0 aliphatic carbocycles. The van der Waals surface area contributed by atoms with E-state index in [1.54, 1.807) is 0 Å². The summed E-state index contributed by atoms with van der Waals surface area (Å²) in [4.78, 5) is 2.55. The summed E-state index contributed by atoms with van der Waals surface area (Å²) in [6, 6.07) is 6.27. The standard InChI is InChI=1S/C15H20Cl2N2O/c16-14-4-1-5-15(17)13(14)8-18-7-12-9-19-6-2-3-11(19)10-20-12/h1,4-5,11-12,18H,2-3,6-10H2. The van der Waals surface area contributed by atoms with E-state index >= 15 is 0 Å². The first kappa shape index (κ1) is 14.6. The van der Waals surface area contributed by atoms with Crippen molar-refractivity contribution in [1.82, 2.24) is 10.2 Å². The molecule has 0 aromatic heterocycles. The molecule has 0 amide bonds. The lowest BCUT2D eigenvalue weighted by Crippen LogP contribution is -2.49. The third-order valence-corrected chi connectivity index (χ3v) is 4.91. The molecule has 0 bridgehead atoms. The van der Waals surface area contributed by atoms with Crippen molar-refractivity contribution in [3.8, 4) is 0 Å². The summed E-state index contributed by atoms with van der Waals surface area (Å²) < 4.78 is 5.92. The van der Waals surface area contributed by atoms with Crippen LogP contribution in [0.1, 0.15) is 18.4 Å². The molecule has 5 heteroatoms. The Hall–Kier alpha value is -0.320. The van der Waals surface area contributed by atoms with Crippen LogP contribution in [0.4, 0.5) is 0 Å². The minimum Gasteiger partial charge on any atom is -0.374 e. The van der Waals surface area contributed by atoms with Crippen LogP contribution in [0, 0.1) is 0 Å². The summed E-state index contributed by atoms with van der Waals surface area (Å²) in [6.07, 6.45) is 2.87. The molecule has 2 aliphatic rings. The number of benzene rings is 1. The second-order valence-electron chi connectivity index (χ2n) is 5.58. The number of ether oxygens (including phenoxy) is 1. The Balaban J connectivity index is 1.48. The zero-order valence-electron chi connectivity index (χ0n) is 11.4. The van der Waals surface area contributed by atoms with E-state index in [9.17, 15) is 0 Å². The lowest BCUT2D eigenvalue weighted by atomic mass is 10.2. The molecule has 2 aliphatic heterocycles. The normalized spacial score (nSPS) is 26.7. The number of hydrogen-bond donors (Lipinski definition) is 1. The summed E-state index contributed by atoms with van der Waals surface area (Å²) in [5, 5.41) is 4.85. The van der Waals surface area contributed by atoms with Gasteiger partial charge in [0.05, 0.1) is 12.7 Å². The Morgan fingerprint density at radius 3 is 2.90 bits per heavy atom. The maximum absolute atomic E-state index is 6.16. The number of hydrogen-bond acceptors (Lipinski definition) is 3. The van der Waals surface area contributed by atoms with Crippen LogP contribution in [-0.2, 0) is 11.3 Å². The van der Waals surface area contributed by atoms with E-state index in [-0.39, 0.29) is 6.10 Å². The van der Waals surface area contributed by atoms with Crippen LogP contribution in [0.5, 0.6) is 0 Å². The summed E-state index contributed by atoms with van der Waals surface area (Å²) in [5.74, 6) is 0. The average molecular weight is 315 g/mol. The van der Waals surface area contributed by atoms with Crippen molar-refractivity contribution in [2.45, 2.75) is 31.5 Å². The van der Waals surface area contributed by atoms with Gasteiger partial charge in [-0.1, -0.05) is 29.3 Å². The van der Waals surface area contributed by atoms with Crippen molar-refractivity contribution in [2.75, 3.05) is 26.2 Å². The molecule has 1 aromatic carbocycles. The van der Waals surface area contributed by atoms with Crippen LogP contribution < -0.4 is 5.32 Å². The Kier molecular flexibility index (Phi) is 4.84. The summed E-state index contributed by atoms with van der Waals surface area (Å²) in [5.41, 5.74) is 0.964. The predicted octanol–water partition coefficient (Wildman–Crippen LogP) is 2.95. The molecule has 110 valence electrons. The highest BCUT2D eigenvalue weighted by molar-refractivity contribution is 6.35. The van der Waals surface area contributed by atoms with Gasteiger partial charge in [0.15, 0.2) is 0 Å². The van der Waals surface area contributed by atoms with Crippen LogP contribution >= 0.6 is 23.2 Å². The van der Waals surface area contributed by atoms with Gasteiger partial charge in [-0.15, -0.1) is 0 Å². The Bertz CT molecular complexity index is 449. The van der Waals surface area contributed by atoms with Crippen molar-refractivity contribution < 1.29 is 4.74 Å². The topological polar surface area (TPSA) is 24.5 Å². The molecule has 3 rings (SSSR count). The quantitative estimate of drug-likeness (QED) is 0.924. The molecule has 1 N–H and O–H groups in total. The molecule has 2 atom stereocenters. The van der Waals surface area contributed by atoms with Gasteiger partial charge in [0.25, 0.3) is 0 Å². The summed E-state index contributed by atoms with van der Waals surface area (Å²) in [7, 11) is 0. The van der Waals surface area contributed by atoms with Gasteiger partial charge in [-0.25, -0.2) is 0 Å². The Labute approximate surface area is 130 Å². The predicted molar refractivity (Wildman–Crippen MR) is 82.5 cm³/mol. The molecule has 0 saturated carbocycles. The number of rotatable bonds is 4. The van der Waals surface area contributed by atoms with Gasteiger partial charge in [-0.2, -0.15) is 0 Å². The highest BCUT2D eigenvalue weighted by Crippen LogP contribution is 2.24. The van der Waals surface area contributed by atoms with Gasteiger partial charge in [0, 0.05) is 41.3 Å². The SMILES string of the molecule is Clc1cccc(Cl)c1CNCC1CN2CCCC2CO1. The Morgan fingerprint density at radius 1 is 1.30 bits per heavy atom. The number of halogens is 2. The lowest BCUT2D eigenvalue weighted by molar-refractivity contribution is -0.0470.